The lowest BCUT2D eigenvalue weighted by Crippen LogP contribution is -2.35. The van der Waals surface area contributed by atoms with Gasteiger partial charge in [-0.05, 0) is 79.8 Å². The van der Waals surface area contributed by atoms with Crippen LogP contribution in [0.3, 0.4) is 0 Å². The van der Waals surface area contributed by atoms with Gasteiger partial charge in [0.2, 0.25) is 11.2 Å². The third kappa shape index (κ3) is 7.47. The second-order valence-corrected chi connectivity index (χ2v) is 17.2. The molecule has 2 saturated carbocycles. The van der Waals surface area contributed by atoms with Crippen LogP contribution in [0, 0.1) is 0 Å². The lowest BCUT2D eigenvalue weighted by molar-refractivity contribution is 0.265. The smallest absolute Gasteiger partial charge is 0.227 e. The number of rotatable bonds is 8. The number of hydrogen-bond donors (Lipinski definition) is 4. The Labute approximate surface area is 300 Å². The number of nitrogens with zero attached hydrogens (tertiary/aromatic N) is 5. The highest BCUT2D eigenvalue weighted by Gasteiger charge is 2.45. The van der Waals surface area contributed by atoms with E-state index >= 15 is 0 Å². The first-order valence-electron chi connectivity index (χ1n) is 15.8. The maximum Gasteiger partial charge on any atom is 0.227 e. The first kappa shape index (κ1) is 35.7. The molecule has 1 aromatic carbocycles. The third-order valence-electron chi connectivity index (χ3n) is 9.55. The van der Waals surface area contributed by atoms with Crippen LogP contribution in [0.5, 0.6) is 0 Å². The molecule has 11 nitrogen and oxygen atoms in total. The molecule has 8 rings (SSSR count). The van der Waals surface area contributed by atoms with Crippen LogP contribution in [0.1, 0.15) is 68.8 Å². The van der Waals surface area contributed by atoms with Gasteiger partial charge in [0, 0.05) is 47.5 Å². The Morgan fingerprint density at radius 2 is 1.27 bits per heavy atom. The average molecular weight is 757 g/mol. The molecular formula is C32H40Cl3N7O4S2. The van der Waals surface area contributed by atoms with Gasteiger partial charge in [-0.15, -0.1) is 0 Å². The predicted molar refractivity (Wildman–Crippen MR) is 192 cm³/mol. The summed E-state index contributed by atoms with van der Waals surface area (Å²) < 4.78 is 24.4. The zero-order chi connectivity index (χ0) is 32.9. The van der Waals surface area contributed by atoms with Gasteiger partial charge in [0.25, 0.3) is 0 Å². The molecular weight excluding hydrogens is 717 g/mol. The van der Waals surface area contributed by atoms with Crippen molar-refractivity contribution in [3.05, 3.63) is 50.5 Å². The Morgan fingerprint density at radius 3 is 1.77 bits per heavy atom. The Balaban J connectivity index is 0.000000189. The molecule has 0 radical (unpaired) electrons. The number of benzene rings is 1. The summed E-state index contributed by atoms with van der Waals surface area (Å²) in [4.78, 5) is 21.3. The van der Waals surface area contributed by atoms with Gasteiger partial charge in [-0.25, -0.2) is 9.97 Å². The number of aliphatic hydroxyl groups is 2. The zero-order valence-corrected chi connectivity index (χ0v) is 29.5. The van der Waals surface area contributed by atoms with Crippen LogP contribution in [0.25, 0.3) is 0 Å². The molecule has 1 saturated heterocycles. The second-order valence-electron chi connectivity index (χ2n) is 13.0. The highest BCUT2D eigenvalue weighted by Crippen LogP contribution is 2.42. The standard InChI is InChI=1S/C21H24Cl2N4O2S.C10H12ClN3O2S.CH4/c22-15-9-14(10-16(23)11-15)13-1-6-27(7-2-13)20-24-17-3-8-30(29)18(17)19(25-20)26-21(12-28)4-5-21;11-9-12-6-1-4-17(16)7(6)8(13-9)14-10(5-15)2-3-10;/h9-11,13,28H,1-8,12H2,(H,24,25,26);15H,1-5H2,(H,12,13,14);1H4. The van der Waals surface area contributed by atoms with Crippen molar-refractivity contribution in [3.8, 4) is 0 Å². The van der Waals surface area contributed by atoms with Crippen LogP contribution in [0.2, 0.25) is 15.3 Å². The fourth-order valence-electron chi connectivity index (χ4n) is 6.33. The Morgan fingerprint density at radius 1 is 0.771 bits per heavy atom. The molecule has 3 fully saturated rings. The molecule has 0 amide bonds. The fraction of sp³-hybridized carbons (Fsp3) is 0.562. The number of anilines is 3. The summed E-state index contributed by atoms with van der Waals surface area (Å²) in [6.45, 7) is 1.78. The first-order chi connectivity index (χ1) is 22.6. The molecule has 16 heteroatoms. The van der Waals surface area contributed by atoms with Crippen LogP contribution in [-0.2, 0) is 34.4 Å². The van der Waals surface area contributed by atoms with Crippen molar-refractivity contribution in [2.24, 2.45) is 0 Å². The van der Waals surface area contributed by atoms with E-state index in [9.17, 15) is 18.6 Å². The van der Waals surface area contributed by atoms with Gasteiger partial charge < -0.3 is 25.7 Å². The van der Waals surface area contributed by atoms with Crippen LogP contribution in [-0.4, -0.2) is 87.5 Å². The van der Waals surface area contributed by atoms with E-state index in [4.69, 9.17) is 44.8 Å². The summed E-state index contributed by atoms with van der Waals surface area (Å²) in [5.41, 5.74) is 2.21. The molecule has 5 heterocycles. The number of halogens is 3. The Kier molecular flexibility index (Phi) is 10.6. The molecule has 4 N–H and O–H groups in total. The number of piperidine rings is 1. The molecule has 3 aliphatic heterocycles. The number of aryl methyl sites for hydroxylation is 2. The van der Waals surface area contributed by atoms with Gasteiger partial charge in [-0.3, -0.25) is 8.42 Å². The maximum atomic E-state index is 12.5. The van der Waals surface area contributed by atoms with E-state index in [1.165, 1.54) is 5.56 Å². The van der Waals surface area contributed by atoms with E-state index in [0.29, 0.717) is 62.8 Å². The molecule has 5 aliphatic rings. The Hall–Kier alpha value is -2.13. The number of aromatic nitrogens is 4. The molecule has 2 aromatic heterocycles. The Bertz CT molecular complexity index is 1730. The third-order valence-corrected chi connectivity index (χ3v) is 13.1. The molecule has 2 unspecified atom stereocenters. The number of fused-ring (bicyclic) bond motifs is 2. The quantitative estimate of drug-likeness (QED) is 0.226. The second kappa shape index (κ2) is 14.2. The van der Waals surface area contributed by atoms with Crippen molar-refractivity contribution in [2.75, 3.05) is 53.3 Å². The average Bonchev–Trinajstić information content (AvgIpc) is 3.94. The van der Waals surface area contributed by atoms with E-state index in [1.54, 1.807) is 6.07 Å². The van der Waals surface area contributed by atoms with E-state index in [2.05, 4.69) is 25.5 Å². The van der Waals surface area contributed by atoms with Crippen molar-refractivity contribution >= 4 is 74.0 Å². The van der Waals surface area contributed by atoms with Gasteiger partial charge in [0.1, 0.15) is 21.4 Å². The van der Waals surface area contributed by atoms with Gasteiger partial charge in [-0.2, -0.15) is 9.97 Å². The highest BCUT2D eigenvalue weighted by molar-refractivity contribution is 7.85. The number of nitrogens with one attached hydrogen (secondary N) is 2. The maximum absolute atomic E-state index is 12.5. The van der Waals surface area contributed by atoms with Crippen molar-refractivity contribution in [1.29, 1.82) is 0 Å². The number of hydrogen-bond acceptors (Lipinski definition) is 11. The molecule has 48 heavy (non-hydrogen) atoms. The molecule has 3 aromatic rings. The zero-order valence-electron chi connectivity index (χ0n) is 25.6. The summed E-state index contributed by atoms with van der Waals surface area (Å²) in [5.74, 6) is 3.42. The molecule has 0 bridgehead atoms. The lowest BCUT2D eigenvalue weighted by atomic mass is 9.89. The largest absolute Gasteiger partial charge is 0.394 e. The van der Waals surface area contributed by atoms with Gasteiger partial charge in [-0.1, -0.05) is 30.6 Å². The van der Waals surface area contributed by atoms with Crippen LogP contribution in [0.4, 0.5) is 17.6 Å². The molecule has 2 atom stereocenters. The molecule has 0 spiro atoms. The summed E-state index contributed by atoms with van der Waals surface area (Å²) in [6, 6.07) is 5.76. The van der Waals surface area contributed by atoms with E-state index in [1.807, 2.05) is 12.1 Å². The van der Waals surface area contributed by atoms with Crippen molar-refractivity contribution in [1.82, 2.24) is 19.9 Å². The van der Waals surface area contributed by atoms with Gasteiger partial charge >= 0.3 is 0 Å². The SMILES string of the molecule is C.O=S1CCc2nc(Cl)nc(NC3(CO)CC3)c21.O=S1CCc2nc(N3CCC(c4cc(Cl)cc(Cl)c4)CC3)nc(NC3(CO)CC3)c21. The molecule has 2 aliphatic carbocycles. The van der Waals surface area contributed by atoms with Crippen molar-refractivity contribution < 1.29 is 18.6 Å². The lowest BCUT2D eigenvalue weighted by Gasteiger charge is -2.33. The fourth-order valence-corrected chi connectivity index (χ4v) is 9.68. The topological polar surface area (TPSA) is 153 Å². The summed E-state index contributed by atoms with van der Waals surface area (Å²) in [5, 5.41) is 27.1. The summed E-state index contributed by atoms with van der Waals surface area (Å²) in [6.07, 6.45) is 6.90. The summed E-state index contributed by atoms with van der Waals surface area (Å²) in [7, 11) is -2.13. The minimum atomic E-state index is -1.08. The first-order valence-corrected chi connectivity index (χ1v) is 19.6. The van der Waals surface area contributed by atoms with Gasteiger partial charge in [0.15, 0.2) is 0 Å². The highest BCUT2D eigenvalue weighted by atomic mass is 35.5. The minimum Gasteiger partial charge on any atom is -0.394 e. The van der Waals surface area contributed by atoms with Crippen molar-refractivity contribution in [3.63, 3.8) is 0 Å². The van der Waals surface area contributed by atoms with E-state index < -0.39 is 21.6 Å². The monoisotopic (exact) mass is 755 g/mol. The number of aliphatic hydroxyl groups excluding tert-OH is 2. The van der Waals surface area contributed by atoms with E-state index in [-0.39, 0.29) is 37.0 Å². The normalized spacial score (nSPS) is 22.9. The van der Waals surface area contributed by atoms with Crippen LogP contribution < -0.4 is 15.5 Å². The van der Waals surface area contributed by atoms with Crippen LogP contribution >= 0.6 is 34.8 Å². The van der Waals surface area contributed by atoms with E-state index in [0.717, 1.165) is 67.9 Å². The molecule has 260 valence electrons. The van der Waals surface area contributed by atoms with Crippen LogP contribution in [0.15, 0.2) is 28.0 Å². The van der Waals surface area contributed by atoms with Crippen molar-refractivity contribution in [2.45, 2.75) is 85.6 Å². The summed E-state index contributed by atoms with van der Waals surface area (Å²) >= 11 is 18.2. The van der Waals surface area contributed by atoms with Gasteiger partial charge in [0.05, 0.1) is 57.3 Å². The predicted octanol–water partition coefficient (Wildman–Crippen LogP) is 5.13. The minimum absolute atomic E-state index is 0.